The number of benzene rings is 1. The summed E-state index contributed by atoms with van der Waals surface area (Å²) in [7, 11) is -1.96. The second kappa shape index (κ2) is 9.49. The van der Waals surface area contributed by atoms with E-state index in [4.69, 9.17) is 4.74 Å². The smallest absolute Gasteiger partial charge is 0.243 e. The molecule has 2 atom stereocenters. The first-order valence-corrected chi connectivity index (χ1v) is 10.9. The first-order chi connectivity index (χ1) is 13.2. The molecule has 8 nitrogen and oxygen atoms in total. The SMILES string of the molecule is CCN(CC)S(=O)(=O)c1ccc(NC(=O)[C@@H]2CC(=O)N([C@@H](C)COC)C2)cc1. The van der Waals surface area contributed by atoms with Gasteiger partial charge in [0.25, 0.3) is 0 Å². The van der Waals surface area contributed by atoms with Crippen molar-refractivity contribution >= 4 is 27.5 Å². The lowest BCUT2D eigenvalue weighted by Crippen LogP contribution is -2.38. The van der Waals surface area contributed by atoms with E-state index in [1.165, 1.54) is 16.4 Å². The van der Waals surface area contributed by atoms with Crippen LogP contribution in [0.4, 0.5) is 5.69 Å². The summed E-state index contributed by atoms with van der Waals surface area (Å²) in [6.45, 7) is 7.02. The molecule has 0 spiro atoms. The molecule has 1 fully saturated rings. The average Bonchev–Trinajstić information content (AvgIpc) is 3.05. The van der Waals surface area contributed by atoms with E-state index in [0.717, 1.165) is 0 Å². The van der Waals surface area contributed by atoms with Crippen LogP contribution in [0.2, 0.25) is 0 Å². The van der Waals surface area contributed by atoms with Crippen molar-refractivity contribution in [2.75, 3.05) is 38.7 Å². The minimum atomic E-state index is -3.53. The summed E-state index contributed by atoms with van der Waals surface area (Å²) < 4.78 is 31.5. The van der Waals surface area contributed by atoms with Gasteiger partial charge in [0.2, 0.25) is 21.8 Å². The molecule has 1 N–H and O–H groups in total. The maximum Gasteiger partial charge on any atom is 0.243 e. The number of nitrogens with one attached hydrogen (secondary N) is 1. The molecule has 0 aliphatic carbocycles. The summed E-state index contributed by atoms with van der Waals surface area (Å²) in [5.74, 6) is -0.754. The maximum absolute atomic E-state index is 12.5. The molecule has 28 heavy (non-hydrogen) atoms. The highest BCUT2D eigenvalue weighted by atomic mass is 32.2. The molecule has 2 amide bonds. The average molecular weight is 412 g/mol. The second-order valence-electron chi connectivity index (χ2n) is 6.85. The number of hydrogen-bond donors (Lipinski definition) is 1. The van der Waals surface area contributed by atoms with Crippen LogP contribution in [-0.2, 0) is 24.3 Å². The van der Waals surface area contributed by atoms with Crippen LogP contribution < -0.4 is 5.32 Å². The van der Waals surface area contributed by atoms with Gasteiger partial charge in [0.1, 0.15) is 0 Å². The van der Waals surface area contributed by atoms with E-state index in [0.29, 0.717) is 31.9 Å². The molecule has 9 heteroatoms. The van der Waals surface area contributed by atoms with Crippen LogP contribution in [0.25, 0.3) is 0 Å². The number of methoxy groups -OCH3 is 1. The second-order valence-corrected chi connectivity index (χ2v) is 8.79. The lowest BCUT2D eigenvalue weighted by molar-refractivity contribution is -0.130. The summed E-state index contributed by atoms with van der Waals surface area (Å²) in [6.07, 6.45) is 0.161. The Hall–Kier alpha value is -1.97. The van der Waals surface area contributed by atoms with Crippen LogP contribution >= 0.6 is 0 Å². The normalized spacial score (nSPS) is 18.5. The topological polar surface area (TPSA) is 96.0 Å². The highest BCUT2D eigenvalue weighted by Crippen LogP contribution is 2.23. The molecule has 0 aromatic heterocycles. The minimum absolute atomic E-state index is 0.0645. The van der Waals surface area contributed by atoms with Crippen LogP contribution in [0.3, 0.4) is 0 Å². The molecule has 0 unspecified atom stereocenters. The van der Waals surface area contributed by atoms with Gasteiger partial charge in [0.15, 0.2) is 0 Å². The van der Waals surface area contributed by atoms with Crippen molar-refractivity contribution < 1.29 is 22.7 Å². The van der Waals surface area contributed by atoms with Crippen molar-refractivity contribution in [2.45, 2.75) is 38.1 Å². The fraction of sp³-hybridized carbons (Fsp3) is 0.579. The van der Waals surface area contributed by atoms with Gasteiger partial charge in [-0.2, -0.15) is 4.31 Å². The molecule has 1 aliphatic rings. The molecule has 0 saturated carbocycles. The predicted molar refractivity (Wildman–Crippen MR) is 106 cm³/mol. The van der Waals surface area contributed by atoms with Gasteiger partial charge in [-0.15, -0.1) is 0 Å². The van der Waals surface area contributed by atoms with Gasteiger partial charge >= 0.3 is 0 Å². The molecule has 1 saturated heterocycles. The number of hydrogen-bond acceptors (Lipinski definition) is 5. The van der Waals surface area contributed by atoms with E-state index in [1.807, 2.05) is 6.92 Å². The van der Waals surface area contributed by atoms with Gasteiger partial charge in [-0.1, -0.05) is 13.8 Å². The van der Waals surface area contributed by atoms with E-state index < -0.39 is 15.9 Å². The van der Waals surface area contributed by atoms with Crippen LogP contribution in [0.5, 0.6) is 0 Å². The van der Waals surface area contributed by atoms with Crippen molar-refractivity contribution in [3.05, 3.63) is 24.3 Å². The number of sulfonamides is 1. The number of amides is 2. The number of rotatable bonds is 9. The van der Waals surface area contributed by atoms with Crippen LogP contribution in [-0.4, -0.2) is 68.8 Å². The summed E-state index contributed by atoms with van der Waals surface area (Å²) in [6, 6.07) is 6.01. The molecule has 2 rings (SSSR count). The zero-order valence-electron chi connectivity index (χ0n) is 16.8. The molecule has 1 aromatic rings. The third-order valence-electron chi connectivity index (χ3n) is 4.93. The fourth-order valence-corrected chi connectivity index (χ4v) is 4.79. The maximum atomic E-state index is 12.5. The van der Waals surface area contributed by atoms with Crippen molar-refractivity contribution in [3.63, 3.8) is 0 Å². The number of ether oxygens (including phenoxy) is 1. The highest BCUT2D eigenvalue weighted by molar-refractivity contribution is 7.89. The van der Waals surface area contributed by atoms with E-state index in [9.17, 15) is 18.0 Å². The lowest BCUT2D eigenvalue weighted by Gasteiger charge is -2.23. The molecule has 1 heterocycles. The Morgan fingerprint density at radius 3 is 2.43 bits per heavy atom. The van der Waals surface area contributed by atoms with Gasteiger partial charge in [-0.3, -0.25) is 9.59 Å². The molecule has 0 bridgehead atoms. The van der Waals surface area contributed by atoms with Crippen molar-refractivity contribution in [1.82, 2.24) is 9.21 Å². The Bertz CT molecular complexity index is 790. The lowest BCUT2D eigenvalue weighted by atomic mass is 10.1. The number of carbonyl (C=O) groups is 2. The number of carbonyl (C=O) groups excluding carboxylic acids is 2. The van der Waals surface area contributed by atoms with E-state index in [2.05, 4.69) is 5.32 Å². The number of nitrogens with zero attached hydrogens (tertiary/aromatic N) is 2. The van der Waals surface area contributed by atoms with Crippen LogP contribution in [0.1, 0.15) is 27.2 Å². The van der Waals surface area contributed by atoms with Gasteiger partial charge in [-0.05, 0) is 31.2 Å². The molecule has 1 aromatic carbocycles. The number of likely N-dealkylation sites (tertiary alicyclic amines) is 1. The molecule has 1 aliphatic heterocycles. The molecular formula is C19H29N3O5S. The van der Waals surface area contributed by atoms with Gasteiger partial charge in [0.05, 0.1) is 23.5 Å². The van der Waals surface area contributed by atoms with Crippen LogP contribution in [0, 0.1) is 5.92 Å². The summed E-state index contributed by atoms with van der Waals surface area (Å²) in [5, 5.41) is 2.77. The standard InChI is InChI=1S/C19H29N3O5S/c1-5-21(6-2)28(25,26)17-9-7-16(8-10-17)20-19(24)15-11-18(23)22(12-15)14(3)13-27-4/h7-10,14-15H,5-6,11-13H2,1-4H3,(H,20,24)/t14-,15+/m0/s1. The first-order valence-electron chi connectivity index (χ1n) is 9.44. The van der Waals surface area contributed by atoms with Gasteiger partial charge < -0.3 is 15.0 Å². The Labute approximate surface area is 166 Å². The van der Waals surface area contributed by atoms with E-state index >= 15 is 0 Å². The Kier molecular flexibility index (Phi) is 7.56. The summed E-state index contributed by atoms with van der Waals surface area (Å²) in [5.41, 5.74) is 0.499. The minimum Gasteiger partial charge on any atom is -0.383 e. The van der Waals surface area contributed by atoms with Gasteiger partial charge in [-0.25, -0.2) is 8.42 Å². The summed E-state index contributed by atoms with van der Waals surface area (Å²) >= 11 is 0. The third kappa shape index (κ3) is 4.89. The number of anilines is 1. The van der Waals surface area contributed by atoms with E-state index in [-0.39, 0.29) is 29.2 Å². The van der Waals surface area contributed by atoms with Crippen LogP contribution in [0.15, 0.2) is 29.2 Å². The Balaban J connectivity index is 2.03. The van der Waals surface area contributed by atoms with E-state index in [1.54, 1.807) is 38.0 Å². The third-order valence-corrected chi connectivity index (χ3v) is 7.00. The largest absolute Gasteiger partial charge is 0.383 e. The molecular weight excluding hydrogens is 382 g/mol. The van der Waals surface area contributed by atoms with Crippen molar-refractivity contribution in [1.29, 1.82) is 0 Å². The quantitative estimate of drug-likeness (QED) is 0.665. The Morgan fingerprint density at radius 1 is 1.29 bits per heavy atom. The Morgan fingerprint density at radius 2 is 1.89 bits per heavy atom. The molecule has 156 valence electrons. The monoisotopic (exact) mass is 411 g/mol. The highest BCUT2D eigenvalue weighted by Gasteiger charge is 2.36. The summed E-state index contributed by atoms with van der Waals surface area (Å²) in [4.78, 5) is 26.5. The van der Waals surface area contributed by atoms with Crippen molar-refractivity contribution in [3.8, 4) is 0 Å². The molecule has 0 radical (unpaired) electrons. The zero-order valence-corrected chi connectivity index (χ0v) is 17.7. The predicted octanol–water partition coefficient (Wildman–Crippen LogP) is 1.54. The van der Waals surface area contributed by atoms with Crippen molar-refractivity contribution in [2.24, 2.45) is 5.92 Å². The first kappa shape index (κ1) is 22.3. The fourth-order valence-electron chi connectivity index (χ4n) is 3.33. The van der Waals surface area contributed by atoms with Gasteiger partial charge in [0, 0.05) is 38.9 Å². The zero-order chi connectivity index (χ0) is 20.9.